The molecule has 5 aliphatic rings. The molecule has 0 radical (unpaired) electrons. The summed E-state index contributed by atoms with van der Waals surface area (Å²) in [7, 11) is 0. The maximum atomic E-state index is 5.35. The molecular formula is C52H45N3. The first-order chi connectivity index (χ1) is 26.9. The standard InChI is InChI=1S/C52H45N3/c1-51(2)44-21-9-10-22-46(44)52(42-26-33-25-34(28-42)29-43(52)27-33)47-32-41(23-24-45(47)51)50-54-48(39-19-11-17-37(30-39)35-13-5-3-6-14-35)53-49(55-50)40-20-12-18-38(31-40)36-15-7-4-8-16-36/h3-24,30-34,42-43H,25-29H2,1-2H3. The average molecular weight is 712 g/mol. The van der Waals surface area contributed by atoms with E-state index in [9.17, 15) is 0 Å². The van der Waals surface area contributed by atoms with Crippen molar-refractivity contribution in [2.45, 2.75) is 56.8 Å². The number of fused-ring (bicyclic) bond motifs is 2. The maximum Gasteiger partial charge on any atom is 0.164 e. The number of nitrogens with zero attached hydrogens (tertiary/aromatic N) is 3. The highest BCUT2D eigenvalue weighted by molar-refractivity contribution is 5.75. The third-order valence-electron chi connectivity index (χ3n) is 14.0. The molecule has 1 aromatic heterocycles. The number of rotatable bonds is 5. The first kappa shape index (κ1) is 32.7. The summed E-state index contributed by atoms with van der Waals surface area (Å²) in [6, 6.07) is 55.1. The van der Waals surface area contributed by atoms with Crippen molar-refractivity contribution in [3.63, 3.8) is 0 Å². The van der Waals surface area contributed by atoms with Crippen LogP contribution in [0.2, 0.25) is 0 Å². The van der Waals surface area contributed by atoms with Gasteiger partial charge in [0.25, 0.3) is 0 Å². The van der Waals surface area contributed by atoms with Gasteiger partial charge < -0.3 is 0 Å². The van der Waals surface area contributed by atoms with Crippen molar-refractivity contribution < 1.29 is 0 Å². The van der Waals surface area contributed by atoms with Gasteiger partial charge in [0.15, 0.2) is 17.5 Å². The van der Waals surface area contributed by atoms with E-state index < -0.39 is 0 Å². The summed E-state index contributed by atoms with van der Waals surface area (Å²) < 4.78 is 0. The molecule has 1 heterocycles. The fourth-order valence-electron chi connectivity index (χ4n) is 11.8. The third kappa shape index (κ3) is 5.12. The van der Waals surface area contributed by atoms with Crippen molar-refractivity contribution in [2.75, 3.05) is 0 Å². The summed E-state index contributed by atoms with van der Waals surface area (Å²) in [6.07, 6.45) is 6.83. The molecule has 4 saturated carbocycles. The van der Waals surface area contributed by atoms with Crippen LogP contribution in [-0.2, 0) is 10.8 Å². The lowest BCUT2D eigenvalue weighted by atomic mass is 9.39. The zero-order valence-corrected chi connectivity index (χ0v) is 31.6. The van der Waals surface area contributed by atoms with Crippen molar-refractivity contribution in [1.82, 2.24) is 15.0 Å². The van der Waals surface area contributed by atoms with Crippen LogP contribution in [0.4, 0.5) is 0 Å². The summed E-state index contributed by atoms with van der Waals surface area (Å²) in [4.78, 5) is 15.9. The van der Waals surface area contributed by atoms with Gasteiger partial charge in [0, 0.05) is 27.5 Å². The molecule has 4 fully saturated rings. The van der Waals surface area contributed by atoms with Gasteiger partial charge in [-0.15, -0.1) is 0 Å². The zero-order chi connectivity index (χ0) is 36.7. The van der Waals surface area contributed by atoms with Crippen molar-refractivity contribution in [3.8, 4) is 56.4 Å². The molecule has 0 aliphatic heterocycles. The molecule has 6 aromatic carbocycles. The number of aromatic nitrogens is 3. The van der Waals surface area contributed by atoms with E-state index in [0.29, 0.717) is 23.5 Å². The smallest absolute Gasteiger partial charge is 0.164 e. The maximum absolute atomic E-state index is 5.35. The van der Waals surface area contributed by atoms with Crippen LogP contribution in [0.3, 0.4) is 0 Å². The predicted octanol–water partition coefficient (Wildman–Crippen LogP) is 12.6. The van der Waals surface area contributed by atoms with Crippen LogP contribution in [0.5, 0.6) is 0 Å². The molecule has 3 nitrogen and oxygen atoms in total. The molecule has 0 amide bonds. The molecule has 1 spiro atoms. The zero-order valence-electron chi connectivity index (χ0n) is 31.6. The summed E-state index contributed by atoms with van der Waals surface area (Å²) >= 11 is 0. The highest BCUT2D eigenvalue weighted by Crippen LogP contribution is 2.68. The molecule has 0 N–H and O–H groups in total. The lowest BCUT2D eigenvalue weighted by Gasteiger charge is -2.64. The van der Waals surface area contributed by atoms with Crippen LogP contribution in [-0.4, -0.2) is 15.0 Å². The van der Waals surface area contributed by atoms with Gasteiger partial charge in [-0.2, -0.15) is 0 Å². The molecule has 268 valence electrons. The first-order valence-corrected chi connectivity index (χ1v) is 20.3. The predicted molar refractivity (Wildman–Crippen MR) is 223 cm³/mol. The molecule has 3 heteroatoms. The van der Waals surface area contributed by atoms with E-state index in [0.717, 1.165) is 45.5 Å². The van der Waals surface area contributed by atoms with E-state index in [-0.39, 0.29) is 10.8 Å². The van der Waals surface area contributed by atoms with Gasteiger partial charge in [-0.3, -0.25) is 0 Å². The number of hydrogen-bond donors (Lipinski definition) is 0. The van der Waals surface area contributed by atoms with Gasteiger partial charge in [0.1, 0.15) is 0 Å². The van der Waals surface area contributed by atoms with E-state index in [1.165, 1.54) is 59.9 Å². The molecular weight excluding hydrogens is 667 g/mol. The normalized spacial score (nSPS) is 24.0. The van der Waals surface area contributed by atoms with Crippen LogP contribution >= 0.6 is 0 Å². The quantitative estimate of drug-likeness (QED) is 0.178. The highest BCUT2D eigenvalue weighted by atomic mass is 15.0. The van der Waals surface area contributed by atoms with Crippen molar-refractivity contribution >= 4 is 0 Å². The van der Waals surface area contributed by atoms with E-state index in [1.54, 1.807) is 5.56 Å². The van der Waals surface area contributed by atoms with Crippen molar-refractivity contribution in [1.29, 1.82) is 0 Å². The molecule has 5 aliphatic carbocycles. The minimum atomic E-state index is -0.102. The molecule has 4 bridgehead atoms. The lowest BCUT2D eigenvalue weighted by Crippen LogP contribution is -2.58. The molecule has 0 atom stereocenters. The molecule has 0 unspecified atom stereocenters. The topological polar surface area (TPSA) is 38.7 Å². The van der Waals surface area contributed by atoms with E-state index in [1.807, 2.05) is 0 Å². The summed E-state index contributed by atoms with van der Waals surface area (Å²) in [5.41, 5.74) is 13.7. The van der Waals surface area contributed by atoms with Gasteiger partial charge >= 0.3 is 0 Å². The van der Waals surface area contributed by atoms with Crippen LogP contribution in [0.1, 0.15) is 68.2 Å². The van der Waals surface area contributed by atoms with E-state index in [2.05, 4.69) is 166 Å². The second-order valence-electron chi connectivity index (χ2n) is 17.3. The third-order valence-corrected chi connectivity index (χ3v) is 14.0. The minimum absolute atomic E-state index is 0.0254. The van der Waals surface area contributed by atoms with Crippen LogP contribution < -0.4 is 0 Å². The Labute approximate surface area is 324 Å². The second kappa shape index (κ2) is 12.4. The Hall–Kier alpha value is -5.67. The van der Waals surface area contributed by atoms with Crippen molar-refractivity contribution in [2.24, 2.45) is 23.7 Å². The Morgan fingerprint density at radius 1 is 0.364 bits per heavy atom. The van der Waals surface area contributed by atoms with E-state index in [4.69, 9.17) is 15.0 Å². The Morgan fingerprint density at radius 3 is 1.31 bits per heavy atom. The van der Waals surface area contributed by atoms with Gasteiger partial charge in [-0.1, -0.05) is 147 Å². The Kier molecular flexibility index (Phi) is 7.40. The van der Waals surface area contributed by atoms with Crippen molar-refractivity contribution in [3.05, 3.63) is 174 Å². The second-order valence-corrected chi connectivity index (χ2v) is 17.3. The van der Waals surface area contributed by atoms with Crippen LogP contribution in [0, 0.1) is 23.7 Å². The monoisotopic (exact) mass is 711 g/mol. The number of benzene rings is 6. The Bertz CT molecular complexity index is 2460. The Morgan fingerprint density at radius 2 is 0.782 bits per heavy atom. The minimum Gasteiger partial charge on any atom is -0.208 e. The summed E-state index contributed by atoms with van der Waals surface area (Å²) in [6.45, 7) is 4.87. The van der Waals surface area contributed by atoms with Crippen LogP contribution in [0.15, 0.2) is 152 Å². The van der Waals surface area contributed by atoms with E-state index >= 15 is 0 Å². The SMILES string of the molecule is CC1(C)c2ccccc2C2(c3cc(-c4nc(-c5cccc(-c6ccccc6)c5)nc(-c5cccc(-c6ccccc6)c5)n4)ccc31)C1CC3CC(C1)CC2C3. The lowest BCUT2D eigenvalue weighted by molar-refractivity contribution is -0.0443. The average Bonchev–Trinajstić information content (AvgIpc) is 3.24. The summed E-state index contributed by atoms with van der Waals surface area (Å²) in [5, 5.41) is 0. The molecule has 0 saturated heterocycles. The molecule has 7 aromatic rings. The van der Waals surface area contributed by atoms with Gasteiger partial charge in [0.2, 0.25) is 0 Å². The fraction of sp³-hybridized carbons (Fsp3) is 0.250. The van der Waals surface area contributed by atoms with Crippen LogP contribution in [0.25, 0.3) is 56.4 Å². The molecule has 55 heavy (non-hydrogen) atoms. The summed E-state index contributed by atoms with van der Waals surface area (Å²) in [5.74, 6) is 5.21. The fourth-order valence-corrected chi connectivity index (χ4v) is 11.8. The molecule has 12 rings (SSSR count). The Balaban J connectivity index is 1.11. The van der Waals surface area contributed by atoms with Gasteiger partial charge in [0.05, 0.1) is 0 Å². The highest BCUT2D eigenvalue weighted by Gasteiger charge is 2.62. The largest absolute Gasteiger partial charge is 0.208 e. The van der Waals surface area contributed by atoms with Gasteiger partial charge in [-0.25, -0.2) is 15.0 Å². The number of hydrogen-bond acceptors (Lipinski definition) is 3. The van der Waals surface area contributed by atoms with Gasteiger partial charge in [-0.05, 0) is 118 Å². The first-order valence-electron chi connectivity index (χ1n) is 20.3.